The van der Waals surface area contributed by atoms with Crippen LogP contribution in [0.5, 0.6) is 0 Å². The Bertz CT molecular complexity index is 514. The van der Waals surface area contributed by atoms with Crippen molar-refractivity contribution in [3.05, 3.63) is 42.2 Å². The molecule has 0 aliphatic heterocycles. The number of benzene rings is 1. The van der Waals surface area contributed by atoms with E-state index < -0.39 is 0 Å². The third-order valence-corrected chi connectivity index (χ3v) is 3.76. The normalized spacial score (nSPS) is 10.4. The molecule has 19 heavy (non-hydrogen) atoms. The molecular weight excluding hydrogens is 254 g/mol. The lowest BCUT2D eigenvalue weighted by atomic mass is 10.2. The molecule has 0 saturated heterocycles. The number of hydrogen-bond donors (Lipinski definition) is 1. The van der Waals surface area contributed by atoms with Crippen molar-refractivity contribution < 1.29 is 0 Å². The SMILES string of the molecule is CCCc1c(NCC)ncnc1Sc1ccccc1. The van der Waals surface area contributed by atoms with Crippen LogP contribution in [0.15, 0.2) is 46.6 Å². The highest BCUT2D eigenvalue weighted by Crippen LogP contribution is 2.31. The van der Waals surface area contributed by atoms with Gasteiger partial charge in [0.25, 0.3) is 0 Å². The molecule has 0 atom stereocenters. The maximum Gasteiger partial charge on any atom is 0.133 e. The molecule has 0 aliphatic carbocycles. The number of anilines is 1. The monoisotopic (exact) mass is 273 g/mol. The zero-order chi connectivity index (χ0) is 13.5. The van der Waals surface area contributed by atoms with Gasteiger partial charge in [-0.25, -0.2) is 9.97 Å². The first-order valence-electron chi connectivity index (χ1n) is 6.65. The Hall–Kier alpha value is -1.55. The summed E-state index contributed by atoms with van der Waals surface area (Å²) >= 11 is 1.70. The van der Waals surface area contributed by atoms with E-state index >= 15 is 0 Å². The van der Waals surface area contributed by atoms with Crippen molar-refractivity contribution in [3.63, 3.8) is 0 Å². The van der Waals surface area contributed by atoms with Gasteiger partial charge in [0.1, 0.15) is 17.2 Å². The summed E-state index contributed by atoms with van der Waals surface area (Å²) in [5.41, 5.74) is 1.22. The quantitative estimate of drug-likeness (QED) is 0.807. The fraction of sp³-hybridized carbons (Fsp3) is 0.333. The summed E-state index contributed by atoms with van der Waals surface area (Å²) in [6.07, 6.45) is 3.73. The van der Waals surface area contributed by atoms with Crippen LogP contribution >= 0.6 is 11.8 Å². The predicted molar refractivity (Wildman–Crippen MR) is 80.8 cm³/mol. The molecule has 1 heterocycles. The van der Waals surface area contributed by atoms with Gasteiger partial charge < -0.3 is 5.32 Å². The molecule has 0 amide bonds. The van der Waals surface area contributed by atoms with E-state index in [1.165, 1.54) is 10.5 Å². The molecule has 0 spiro atoms. The van der Waals surface area contributed by atoms with Gasteiger partial charge in [0.15, 0.2) is 0 Å². The number of aromatic nitrogens is 2. The number of hydrogen-bond acceptors (Lipinski definition) is 4. The molecule has 2 rings (SSSR count). The molecule has 4 heteroatoms. The van der Waals surface area contributed by atoms with Crippen LogP contribution in [-0.2, 0) is 6.42 Å². The fourth-order valence-corrected chi connectivity index (χ4v) is 2.82. The molecule has 3 nitrogen and oxygen atoms in total. The van der Waals surface area contributed by atoms with Gasteiger partial charge in [-0.3, -0.25) is 0 Å². The first kappa shape index (κ1) is 13.9. The first-order valence-corrected chi connectivity index (χ1v) is 7.47. The van der Waals surface area contributed by atoms with Crippen molar-refractivity contribution in [1.29, 1.82) is 0 Å². The summed E-state index contributed by atoms with van der Waals surface area (Å²) in [5.74, 6) is 0.970. The van der Waals surface area contributed by atoms with E-state index in [9.17, 15) is 0 Å². The van der Waals surface area contributed by atoms with E-state index in [1.807, 2.05) is 18.2 Å². The Morgan fingerprint density at radius 3 is 2.58 bits per heavy atom. The molecule has 0 bridgehead atoms. The second kappa shape index (κ2) is 7.14. The van der Waals surface area contributed by atoms with Crippen LogP contribution in [0.25, 0.3) is 0 Å². The zero-order valence-electron chi connectivity index (χ0n) is 11.4. The second-order valence-corrected chi connectivity index (χ2v) is 5.26. The lowest BCUT2D eigenvalue weighted by Gasteiger charge is -2.12. The Balaban J connectivity index is 2.30. The molecule has 2 aromatic rings. The number of nitrogens with one attached hydrogen (secondary N) is 1. The largest absolute Gasteiger partial charge is 0.370 e. The van der Waals surface area contributed by atoms with E-state index in [4.69, 9.17) is 0 Å². The zero-order valence-corrected chi connectivity index (χ0v) is 12.2. The molecule has 1 aromatic heterocycles. The molecule has 0 fully saturated rings. The fourth-order valence-electron chi connectivity index (χ4n) is 1.88. The van der Waals surface area contributed by atoms with E-state index in [0.29, 0.717) is 0 Å². The topological polar surface area (TPSA) is 37.8 Å². The summed E-state index contributed by atoms with van der Waals surface area (Å²) < 4.78 is 0. The predicted octanol–water partition coefficient (Wildman–Crippen LogP) is 4.01. The van der Waals surface area contributed by atoms with E-state index in [1.54, 1.807) is 18.1 Å². The van der Waals surface area contributed by atoms with E-state index in [2.05, 4.69) is 41.3 Å². The van der Waals surface area contributed by atoms with Gasteiger partial charge in [0, 0.05) is 17.0 Å². The van der Waals surface area contributed by atoms with Crippen LogP contribution in [0.4, 0.5) is 5.82 Å². The summed E-state index contributed by atoms with van der Waals surface area (Å²) in [7, 11) is 0. The van der Waals surface area contributed by atoms with Gasteiger partial charge in [-0.2, -0.15) is 0 Å². The minimum atomic E-state index is 0.878. The highest BCUT2D eigenvalue weighted by Gasteiger charge is 2.11. The second-order valence-electron chi connectivity index (χ2n) is 4.20. The van der Waals surface area contributed by atoms with Crippen molar-refractivity contribution in [2.75, 3.05) is 11.9 Å². The van der Waals surface area contributed by atoms with Gasteiger partial charge in [0.2, 0.25) is 0 Å². The van der Waals surface area contributed by atoms with Crippen molar-refractivity contribution in [3.8, 4) is 0 Å². The smallest absolute Gasteiger partial charge is 0.133 e. The van der Waals surface area contributed by atoms with Crippen LogP contribution in [0, 0.1) is 0 Å². The van der Waals surface area contributed by atoms with Crippen LogP contribution in [-0.4, -0.2) is 16.5 Å². The average molecular weight is 273 g/mol. The minimum absolute atomic E-state index is 0.878. The summed E-state index contributed by atoms with van der Waals surface area (Å²) in [6, 6.07) is 10.3. The molecule has 1 aromatic carbocycles. The molecule has 0 radical (unpaired) electrons. The summed E-state index contributed by atoms with van der Waals surface area (Å²) in [6.45, 7) is 5.14. The molecule has 1 N–H and O–H groups in total. The Morgan fingerprint density at radius 1 is 1.11 bits per heavy atom. The minimum Gasteiger partial charge on any atom is -0.370 e. The van der Waals surface area contributed by atoms with Crippen LogP contribution in [0.2, 0.25) is 0 Å². The van der Waals surface area contributed by atoms with Gasteiger partial charge in [-0.05, 0) is 25.5 Å². The van der Waals surface area contributed by atoms with Gasteiger partial charge >= 0.3 is 0 Å². The van der Waals surface area contributed by atoms with Gasteiger partial charge in [-0.15, -0.1) is 0 Å². The molecule has 0 saturated carbocycles. The lowest BCUT2D eigenvalue weighted by molar-refractivity contribution is 0.855. The maximum absolute atomic E-state index is 4.45. The maximum atomic E-state index is 4.45. The average Bonchev–Trinajstić information content (AvgIpc) is 2.44. The van der Waals surface area contributed by atoms with Crippen LogP contribution in [0.3, 0.4) is 0 Å². The van der Waals surface area contributed by atoms with Gasteiger partial charge in [0.05, 0.1) is 0 Å². The summed E-state index contributed by atoms with van der Waals surface area (Å²) in [5, 5.41) is 4.38. The number of rotatable bonds is 6. The van der Waals surface area contributed by atoms with E-state index in [-0.39, 0.29) is 0 Å². The Labute approximate surface area is 118 Å². The Kier molecular flexibility index (Phi) is 5.21. The molecule has 100 valence electrons. The lowest BCUT2D eigenvalue weighted by Crippen LogP contribution is -2.05. The Morgan fingerprint density at radius 2 is 1.89 bits per heavy atom. The first-order chi connectivity index (χ1) is 9.35. The van der Waals surface area contributed by atoms with Crippen LogP contribution < -0.4 is 5.32 Å². The number of nitrogens with zero attached hydrogens (tertiary/aromatic N) is 2. The van der Waals surface area contributed by atoms with Gasteiger partial charge in [-0.1, -0.05) is 43.3 Å². The van der Waals surface area contributed by atoms with Crippen LogP contribution in [0.1, 0.15) is 25.8 Å². The molecular formula is C15H19N3S. The molecule has 0 aliphatic rings. The van der Waals surface area contributed by atoms with Crippen molar-refractivity contribution in [2.24, 2.45) is 0 Å². The third-order valence-electron chi connectivity index (χ3n) is 2.71. The van der Waals surface area contributed by atoms with Crippen molar-refractivity contribution in [2.45, 2.75) is 36.6 Å². The highest BCUT2D eigenvalue weighted by molar-refractivity contribution is 7.99. The van der Waals surface area contributed by atoms with E-state index in [0.717, 1.165) is 30.2 Å². The highest BCUT2D eigenvalue weighted by atomic mass is 32.2. The van der Waals surface area contributed by atoms with Crippen molar-refractivity contribution in [1.82, 2.24) is 9.97 Å². The third kappa shape index (κ3) is 3.70. The van der Waals surface area contributed by atoms with Crippen molar-refractivity contribution >= 4 is 17.6 Å². The molecule has 0 unspecified atom stereocenters. The standard InChI is InChI=1S/C15H19N3S/c1-3-8-13-14(16-4-2)17-11-18-15(13)19-12-9-6-5-7-10-12/h5-7,9-11H,3-4,8H2,1-2H3,(H,16,17,18). The summed E-state index contributed by atoms with van der Waals surface area (Å²) in [4.78, 5) is 10.0.